The number of methoxy groups -OCH3 is 1. The van der Waals surface area contributed by atoms with E-state index in [9.17, 15) is 26.3 Å². The van der Waals surface area contributed by atoms with E-state index in [1.807, 2.05) is 0 Å². The molecule has 0 spiro atoms. The molecule has 1 aliphatic rings. The summed E-state index contributed by atoms with van der Waals surface area (Å²) >= 11 is 0. The molecule has 27 heavy (non-hydrogen) atoms. The fraction of sp³-hybridized carbons (Fsp3) is 0.500. The number of ether oxygens (including phenoxy) is 1. The minimum atomic E-state index is -4.88. The van der Waals surface area contributed by atoms with E-state index in [1.54, 1.807) is 0 Å². The van der Waals surface area contributed by atoms with E-state index in [0.717, 1.165) is 25.0 Å². The summed E-state index contributed by atoms with van der Waals surface area (Å²) in [5, 5.41) is 3.20. The van der Waals surface area contributed by atoms with Crippen molar-refractivity contribution in [2.24, 2.45) is 0 Å². The predicted molar refractivity (Wildman–Crippen MR) is 87.1 cm³/mol. The zero-order chi connectivity index (χ0) is 19.8. The molecule has 1 unspecified atom stereocenters. The zero-order valence-corrected chi connectivity index (χ0v) is 14.4. The summed E-state index contributed by atoms with van der Waals surface area (Å²) in [7, 11) is 1.34. The summed E-state index contributed by atoms with van der Waals surface area (Å²) in [6.45, 7) is 0.674. The lowest BCUT2D eigenvalue weighted by molar-refractivity contribution is -0.142. The Balaban J connectivity index is 2.26. The number of hydrogen-bond donors (Lipinski definition) is 1. The van der Waals surface area contributed by atoms with E-state index in [2.05, 4.69) is 10.3 Å². The van der Waals surface area contributed by atoms with Gasteiger partial charge in [-0.3, -0.25) is 0 Å². The number of para-hydroxylation sites is 1. The second-order valence-electron chi connectivity index (χ2n) is 6.51. The van der Waals surface area contributed by atoms with Crippen molar-refractivity contribution in [2.45, 2.75) is 43.8 Å². The van der Waals surface area contributed by atoms with Gasteiger partial charge in [0.2, 0.25) is 0 Å². The number of alkyl halides is 6. The van der Waals surface area contributed by atoms with Gasteiger partial charge in [0.25, 0.3) is 0 Å². The molecule has 0 radical (unpaired) electrons. The van der Waals surface area contributed by atoms with Crippen LogP contribution in [0.3, 0.4) is 0 Å². The Morgan fingerprint density at radius 1 is 1.11 bits per heavy atom. The van der Waals surface area contributed by atoms with E-state index in [1.165, 1.54) is 19.2 Å². The number of rotatable bonds is 3. The molecule has 9 heteroatoms. The monoisotopic (exact) mass is 392 g/mol. The minimum Gasteiger partial charge on any atom is -0.375 e. The van der Waals surface area contributed by atoms with Gasteiger partial charge in [0.1, 0.15) is 5.69 Å². The Labute approximate surface area is 151 Å². The standard InChI is InChI=1S/C18H18F6N2O/c1-27-16(13-7-2-3-8-25-13)11-9-14(18(22,23)24)26-15-10(11)5-4-6-12(15)17(19,20)21/h4-6,9,13,16,25H,2-3,7-8H2,1H3/t13?,16-/m1/s1. The Morgan fingerprint density at radius 3 is 2.41 bits per heavy atom. The van der Waals surface area contributed by atoms with E-state index >= 15 is 0 Å². The first-order valence-corrected chi connectivity index (χ1v) is 8.47. The van der Waals surface area contributed by atoms with E-state index in [-0.39, 0.29) is 17.0 Å². The number of benzene rings is 1. The average molecular weight is 392 g/mol. The van der Waals surface area contributed by atoms with Crippen LogP contribution >= 0.6 is 0 Å². The molecule has 1 aromatic heterocycles. The third kappa shape index (κ3) is 4.03. The van der Waals surface area contributed by atoms with Crippen LogP contribution in [-0.2, 0) is 17.1 Å². The molecule has 148 valence electrons. The summed E-state index contributed by atoms with van der Waals surface area (Å²) < 4.78 is 85.5. The molecule has 1 aliphatic heterocycles. The van der Waals surface area contributed by atoms with Gasteiger partial charge < -0.3 is 10.1 Å². The molecule has 3 rings (SSSR count). The van der Waals surface area contributed by atoms with Crippen molar-refractivity contribution in [1.82, 2.24) is 10.3 Å². The lowest BCUT2D eigenvalue weighted by atomic mass is 9.91. The van der Waals surface area contributed by atoms with Gasteiger partial charge in [0.15, 0.2) is 0 Å². The molecule has 3 nitrogen and oxygen atoms in total. The third-order valence-electron chi connectivity index (χ3n) is 4.74. The molecule has 0 bridgehead atoms. The normalized spacial score (nSPS) is 20.0. The number of piperidine rings is 1. The van der Waals surface area contributed by atoms with Crippen LogP contribution in [-0.4, -0.2) is 24.7 Å². The topological polar surface area (TPSA) is 34.1 Å². The van der Waals surface area contributed by atoms with E-state index in [0.29, 0.717) is 13.0 Å². The Kier molecular flexibility index (Phi) is 5.36. The van der Waals surface area contributed by atoms with Crippen molar-refractivity contribution in [3.63, 3.8) is 0 Å². The van der Waals surface area contributed by atoms with Crippen molar-refractivity contribution in [3.8, 4) is 0 Å². The summed E-state index contributed by atoms with van der Waals surface area (Å²) in [6.07, 6.45) is -8.07. The van der Waals surface area contributed by atoms with Crippen LogP contribution in [0.5, 0.6) is 0 Å². The van der Waals surface area contributed by atoms with Gasteiger partial charge >= 0.3 is 12.4 Å². The van der Waals surface area contributed by atoms with Crippen molar-refractivity contribution < 1.29 is 31.1 Å². The molecule has 2 atom stereocenters. The van der Waals surface area contributed by atoms with E-state index in [4.69, 9.17) is 4.74 Å². The van der Waals surface area contributed by atoms with Gasteiger partial charge in [0.05, 0.1) is 17.2 Å². The Bertz CT molecular complexity index is 812. The van der Waals surface area contributed by atoms with Crippen molar-refractivity contribution in [3.05, 3.63) is 41.1 Å². The van der Waals surface area contributed by atoms with Crippen molar-refractivity contribution in [1.29, 1.82) is 0 Å². The number of nitrogens with one attached hydrogen (secondary N) is 1. The van der Waals surface area contributed by atoms with Crippen molar-refractivity contribution in [2.75, 3.05) is 13.7 Å². The SMILES string of the molecule is CO[C@H](c1cc(C(F)(F)F)nc2c(C(F)(F)F)cccc12)C1CCCCN1. The second-order valence-corrected chi connectivity index (χ2v) is 6.51. The molecular formula is C18H18F6N2O. The first-order chi connectivity index (χ1) is 12.6. The highest BCUT2D eigenvalue weighted by Crippen LogP contribution is 2.40. The predicted octanol–water partition coefficient (Wildman–Crippen LogP) is 5.10. The smallest absolute Gasteiger partial charge is 0.375 e. The number of fused-ring (bicyclic) bond motifs is 1. The molecule has 2 aromatic rings. The van der Waals surface area contributed by atoms with Crippen LogP contribution in [0.2, 0.25) is 0 Å². The first-order valence-electron chi connectivity index (χ1n) is 8.47. The van der Waals surface area contributed by atoms with Gasteiger partial charge in [-0.15, -0.1) is 0 Å². The summed E-state index contributed by atoms with van der Waals surface area (Å²) in [4.78, 5) is 3.31. The van der Waals surface area contributed by atoms with Gasteiger partial charge in [0, 0.05) is 18.5 Å². The minimum absolute atomic E-state index is 0.0112. The molecule has 1 fully saturated rings. The van der Waals surface area contributed by atoms with E-state index < -0.39 is 35.2 Å². The van der Waals surface area contributed by atoms with Crippen LogP contribution in [0.1, 0.15) is 42.2 Å². The molecule has 0 aliphatic carbocycles. The highest BCUT2D eigenvalue weighted by molar-refractivity contribution is 5.86. The van der Waals surface area contributed by atoms with Gasteiger partial charge in [-0.1, -0.05) is 18.6 Å². The summed E-state index contributed by atoms with van der Waals surface area (Å²) in [5.74, 6) is 0. The highest BCUT2D eigenvalue weighted by Gasteiger charge is 2.39. The molecular weight excluding hydrogens is 374 g/mol. The number of halogens is 6. The quantitative estimate of drug-likeness (QED) is 0.738. The number of pyridine rings is 1. The second kappa shape index (κ2) is 7.27. The first kappa shape index (κ1) is 19.9. The molecule has 1 aromatic carbocycles. The fourth-order valence-corrected chi connectivity index (χ4v) is 3.53. The molecule has 1 saturated heterocycles. The maximum Gasteiger partial charge on any atom is 0.433 e. The van der Waals surface area contributed by atoms with Gasteiger partial charge in [-0.25, -0.2) is 4.98 Å². The lowest BCUT2D eigenvalue weighted by Gasteiger charge is -2.31. The highest BCUT2D eigenvalue weighted by atomic mass is 19.4. The van der Waals surface area contributed by atoms with Crippen LogP contribution < -0.4 is 5.32 Å². The third-order valence-corrected chi connectivity index (χ3v) is 4.74. The van der Waals surface area contributed by atoms with Crippen LogP contribution in [0.15, 0.2) is 24.3 Å². The molecule has 2 heterocycles. The molecule has 0 amide bonds. The Morgan fingerprint density at radius 2 is 1.85 bits per heavy atom. The fourth-order valence-electron chi connectivity index (χ4n) is 3.53. The van der Waals surface area contributed by atoms with Crippen LogP contribution in [0.25, 0.3) is 10.9 Å². The largest absolute Gasteiger partial charge is 0.433 e. The van der Waals surface area contributed by atoms with Crippen LogP contribution in [0.4, 0.5) is 26.3 Å². The van der Waals surface area contributed by atoms with Gasteiger partial charge in [-0.05, 0) is 37.1 Å². The summed E-state index contributed by atoms with van der Waals surface area (Å²) in [6, 6.07) is 3.77. The van der Waals surface area contributed by atoms with Crippen LogP contribution in [0, 0.1) is 0 Å². The maximum absolute atomic E-state index is 13.4. The Hall–Kier alpha value is -1.87. The number of aromatic nitrogens is 1. The number of hydrogen-bond acceptors (Lipinski definition) is 3. The number of nitrogens with zero attached hydrogens (tertiary/aromatic N) is 1. The molecule has 0 saturated carbocycles. The lowest BCUT2D eigenvalue weighted by Crippen LogP contribution is -2.39. The molecule has 1 N–H and O–H groups in total. The zero-order valence-electron chi connectivity index (χ0n) is 14.4. The van der Waals surface area contributed by atoms with Crippen molar-refractivity contribution >= 4 is 10.9 Å². The average Bonchev–Trinajstić information content (AvgIpc) is 2.61. The maximum atomic E-state index is 13.4. The van der Waals surface area contributed by atoms with Gasteiger partial charge in [-0.2, -0.15) is 26.3 Å². The summed E-state index contributed by atoms with van der Waals surface area (Å²) in [5.41, 5.74) is -3.22.